The number of fused-ring (bicyclic) bond motifs is 1. The van der Waals surface area contributed by atoms with Crippen LogP contribution >= 0.6 is 11.6 Å². The van der Waals surface area contributed by atoms with Gasteiger partial charge in [-0.2, -0.15) is 5.26 Å². The van der Waals surface area contributed by atoms with E-state index in [4.69, 9.17) is 17.3 Å². The largest absolute Gasteiger partial charge is 0.396 e. The van der Waals surface area contributed by atoms with E-state index in [1.165, 1.54) is 0 Å². The van der Waals surface area contributed by atoms with Crippen molar-refractivity contribution in [2.24, 2.45) is 0 Å². The minimum Gasteiger partial charge on any atom is -0.396 e. The quantitative estimate of drug-likeness (QED) is 0.862. The van der Waals surface area contributed by atoms with Crippen LogP contribution in [0, 0.1) is 11.3 Å². The fourth-order valence-corrected chi connectivity index (χ4v) is 3.17. The molecule has 0 saturated heterocycles. The van der Waals surface area contributed by atoms with E-state index in [0.29, 0.717) is 27.5 Å². The van der Waals surface area contributed by atoms with E-state index < -0.39 is 0 Å². The fraction of sp³-hybridized carbons (Fsp3) is 0.294. The van der Waals surface area contributed by atoms with Gasteiger partial charge in [-0.15, -0.1) is 0 Å². The summed E-state index contributed by atoms with van der Waals surface area (Å²) in [5, 5.41) is 9.98. The first-order chi connectivity index (χ1) is 10.6. The Labute approximate surface area is 134 Å². The Bertz CT molecular complexity index is 769. The van der Waals surface area contributed by atoms with Gasteiger partial charge in [0.1, 0.15) is 11.8 Å². The molecule has 112 valence electrons. The number of nitrogens with two attached hydrogens (primary N) is 1. The van der Waals surface area contributed by atoms with Gasteiger partial charge in [0.05, 0.1) is 11.3 Å². The minimum atomic E-state index is -0.154. The van der Waals surface area contributed by atoms with Crippen molar-refractivity contribution in [1.82, 2.24) is 4.57 Å². The summed E-state index contributed by atoms with van der Waals surface area (Å²) in [7, 11) is 0. The molecule has 3 rings (SSSR count). The van der Waals surface area contributed by atoms with Crippen LogP contribution in [0.5, 0.6) is 0 Å². The summed E-state index contributed by atoms with van der Waals surface area (Å²) < 4.78 is 1.94. The van der Waals surface area contributed by atoms with Crippen LogP contribution < -0.4 is 5.73 Å². The van der Waals surface area contributed by atoms with Crippen LogP contribution in [0.15, 0.2) is 24.3 Å². The summed E-state index contributed by atoms with van der Waals surface area (Å²) in [5.41, 5.74) is 8.76. The number of hydrogen-bond donors (Lipinski definition) is 1. The van der Waals surface area contributed by atoms with Crippen molar-refractivity contribution in [3.05, 3.63) is 51.8 Å². The van der Waals surface area contributed by atoms with Crippen LogP contribution in [0.1, 0.15) is 46.6 Å². The molecule has 1 aliphatic rings. The highest BCUT2D eigenvalue weighted by atomic mass is 35.5. The van der Waals surface area contributed by atoms with E-state index in [9.17, 15) is 10.1 Å². The molecule has 2 heterocycles. The number of halogens is 1. The number of carbonyl (C=O) groups excluding carboxylic acids is 1. The normalized spacial score (nSPS) is 14.0. The summed E-state index contributed by atoms with van der Waals surface area (Å²) in [6, 6.07) is 8.91. The second-order valence-electron chi connectivity index (χ2n) is 5.49. The van der Waals surface area contributed by atoms with Crippen molar-refractivity contribution in [2.75, 3.05) is 5.73 Å². The number of carbonyl (C=O) groups is 1. The van der Waals surface area contributed by atoms with Crippen molar-refractivity contribution in [3.63, 3.8) is 0 Å². The van der Waals surface area contributed by atoms with Crippen LogP contribution in [0.3, 0.4) is 0 Å². The Morgan fingerprint density at radius 3 is 2.64 bits per heavy atom. The van der Waals surface area contributed by atoms with Gasteiger partial charge in [-0.1, -0.05) is 18.0 Å². The Balaban J connectivity index is 2.14. The first kappa shape index (κ1) is 14.7. The molecule has 4 nitrogen and oxygen atoms in total. The number of anilines is 1. The molecule has 22 heavy (non-hydrogen) atoms. The zero-order valence-corrected chi connectivity index (χ0v) is 12.9. The summed E-state index contributed by atoms with van der Waals surface area (Å²) in [6.07, 6.45) is 3.90. The van der Waals surface area contributed by atoms with E-state index in [0.717, 1.165) is 37.9 Å². The summed E-state index contributed by atoms with van der Waals surface area (Å²) in [6.45, 7) is 0.732. The van der Waals surface area contributed by atoms with Crippen molar-refractivity contribution in [2.45, 2.75) is 32.2 Å². The molecule has 2 N–H and O–H groups in total. The number of nitriles is 1. The molecule has 0 aliphatic carbocycles. The molecule has 2 aromatic rings. The molecule has 0 atom stereocenters. The Hall–Kier alpha value is -2.25. The lowest BCUT2D eigenvalue weighted by molar-refractivity contribution is 0.103. The van der Waals surface area contributed by atoms with Crippen molar-refractivity contribution < 1.29 is 4.79 Å². The van der Waals surface area contributed by atoms with Gasteiger partial charge in [-0.25, -0.2) is 0 Å². The molecule has 1 aromatic heterocycles. The van der Waals surface area contributed by atoms with Gasteiger partial charge in [0.15, 0.2) is 0 Å². The number of aromatic nitrogens is 1. The number of nitrogens with zero attached hydrogens (tertiary/aromatic N) is 2. The predicted molar refractivity (Wildman–Crippen MR) is 86.0 cm³/mol. The molecule has 1 aliphatic heterocycles. The Morgan fingerprint density at radius 1 is 1.23 bits per heavy atom. The van der Waals surface area contributed by atoms with Crippen LogP contribution in [0.4, 0.5) is 5.69 Å². The number of rotatable bonds is 2. The number of nitrogen functional groups attached to an aromatic ring is 1. The average Bonchev–Trinajstić information content (AvgIpc) is 2.66. The highest BCUT2D eigenvalue weighted by Gasteiger charge is 2.26. The Kier molecular flexibility index (Phi) is 3.91. The van der Waals surface area contributed by atoms with Gasteiger partial charge in [-0.3, -0.25) is 4.79 Å². The standard InChI is InChI=1S/C17H16ClN3O/c18-12-7-5-11(6-8-12)17(22)16-15(20)13(10-19)14-4-2-1-3-9-21(14)16/h5-8H,1-4,9,20H2. The number of hydrogen-bond acceptors (Lipinski definition) is 3. The first-order valence-corrected chi connectivity index (χ1v) is 7.72. The topological polar surface area (TPSA) is 71.8 Å². The smallest absolute Gasteiger partial charge is 0.211 e. The van der Waals surface area contributed by atoms with E-state index >= 15 is 0 Å². The molecule has 0 radical (unpaired) electrons. The molecule has 0 spiro atoms. The maximum atomic E-state index is 12.8. The molecule has 0 bridgehead atoms. The molecule has 5 heteroatoms. The molecule has 0 amide bonds. The Morgan fingerprint density at radius 2 is 1.95 bits per heavy atom. The van der Waals surface area contributed by atoms with E-state index in [1.807, 2.05) is 4.57 Å². The zero-order chi connectivity index (χ0) is 15.7. The highest BCUT2D eigenvalue weighted by Crippen LogP contribution is 2.31. The fourth-order valence-electron chi connectivity index (χ4n) is 3.04. The van der Waals surface area contributed by atoms with Crippen LogP contribution in [-0.4, -0.2) is 10.4 Å². The third-order valence-electron chi connectivity index (χ3n) is 4.14. The summed E-state index contributed by atoms with van der Waals surface area (Å²) in [4.78, 5) is 12.8. The van der Waals surface area contributed by atoms with Crippen molar-refractivity contribution in [3.8, 4) is 6.07 Å². The van der Waals surface area contributed by atoms with Gasteiger partial charge in [0, 0.05) is 22.8 Å². The SMILES string of the molecule is N#Cc1c(N)c(C(=O)c2ccc(Cl)cc2)n2c1CCCCC2. The third kappa shape index (κ3) is 2.38. The lowest BCUT2D eigenvalue weighted by atomic mass is 10.1. The number of benzene rings is 1. The van der Waals surface area contributed by atoms with Gasteiger partial charge in [0.2, 0.25) is 5.78 Å². The minimum absolute atomic E-state index is 0.154. The molecular formula is C17H16ClN3O. The van der Waals surface area contributed by atoms with Crippen LogP contribution in [-0.2, 0) is 13.0 Å². The van der Waals surface area contributed by atoms with Crippen molar-refractivity contribution >= 4 is 23.1 Å². The molecule has 0 unspecified atom stereocenters. The average molecular weight is 314 g/mol. The zero-order valence-electron chi connectivity index (χ0n) is 12.1. The van der Waals surface area contributed by atoms with Gasteiger partial charge in [0.25, 0.3) is 0 Å². The lowest BCUT2D eigenvalue weighted by Crippen LogP contribution is -2.13. The van der Waals surface area contributed by atoms with Gasteiger partial charge >= 0.3 is 0 Å². The molecule has 0 saturated carbocycles. The van der Waals surface area contributed by atoms with E-state index in [-0.39, 0.29) is 5.78 Å². The van der Waals surface area contributed by atoms with Crippen molar-refractivity contribution in [1.29, 1.82) is 5.26 Å². The first-order valence-electron chi connectivity index (χ1n) is 7.34. The summed E-state index contributed by atoms with van der Waals surface area (Å²) >= 11 is 5.87. The van der Waals surface area contributed by atoms with Gasteiger partial charge in [-0.05, 0) is 43.5 Å². The second-order valence-corrected chi connectivity index (χ2v) is 5.93. The lowest BCUT2D eigenvalue weighted by Gasteiger charge is -2.10. The second kappa shape index (κ2) is 5.86. The summed E-state index contributed by atoms with van der Waals surface area (Å²) in [5.74, 6) is -0.154. The molecule has 0 fully saturated rings. The molecular weight excluding hydrogens is 298 g/mol. The molecule has 1 aromatic carbocycles. The predicted octanol–water partition coefficient (Wildman–Crippen LogP) is 3.55. The van der Waals surface area contributed by atoms with E-state index in [2.05, 4.69) is 6.07 Å². The van der Waals surface area contributed by atoms with Gasteiger partial charge < -0.3 is 10.3 Å². The maximum Gasteiger partial charge on any atom is 0.211 e. The monoisotopic (exact) mass is 313 g/mol. The maximum absolute atomic E-state index is 12.8. The van der Waals surface area contributed by atoms with Crippen LogP contribution in [0.2, 0.25) is 5.02 Å². The third-order valence-corrected chi connectivity index (χ3v) is 4.39. The highest BCUT2D eigenvalue weighted by molar-refractivity contribution is 6.30. The number of ketones is 1. The van der Waals surface area contributed by atoms with Crippen LogP contribution in [0.25, 0.3) is 0 Å². The van der Waals surface area contributed by atoms with E-state index in [1.54, 1.807) is 24.3 Å².